The van der Waals surface area contributed by atoms with Gasteiger partial charge >= 0.3 is 0 Å². The van der Waals surface area contributed by atoms with Gasteiger partial charge in [0.25, 0.3) is 0 Å². The summed E-state index contributed by atoms with van der Waals surface area (Å²) in [5, 5.41) is 6.33. The maximum Gasteiger partial charge on any atom is 0.246 e. The van der Waals surface area contributed by atoms with Gasteiger partial charge in [0.2, 0.25) is 17.8 Å². The number of primary amides is 1. The summed E-state index contributed by atoms with van der Waals surface area (Å²) in [5.41, 5.74) is 10.5. The van der Waals surface area contributed by atoms with Crippen LogP contribution in [0, 0.1) is 0 Å². The van der Waals surface area contributed by atoms with E-state index in [1.165, 1.54) is 0 Å². The van der Waals surface area contributed by atoms with Crippen molar-refractivity contribution in [2.75, 3.05) is 17.2 Å². The van der Waals surface area contributed by atoms with Gasteiger partial charge in [0, 0.05) is 6.54 Å². The van der Waals surface area contributed by atoms with Crippen LogP contribution in [0.4, 0.5) is 11.9 Å². The number of nitrogens with two attached hydrogens (primary N) is 2. The summed E-state index contributed by atoms with van der Waals surface area (Å²) in [6, 6.07) is -0.282. The molecule has 1 amide bonds. The molecule has 70 valence electrons. The SMILES string of the molecule is NC(=O)C1CCN1c1n[nH]c(N)n1. The number of nitrogen functional groups attached to an aromatic ring is 1. The van der Waals surface area contributed by atoms with Crippen molar-refractivity contribution < 1.29 is 4.79 Å². The Morgan fingerprint density at radius 3 is 2.85 bits per heavy atom. The molecule has 1 aromatic rings. The van der Waals surface area contributed by atoms with Gasteiger partial charge in [0.1, 0.15) is 6.04 Å². The standard InChI is InChI=1S/C6H10N6O/c7-4(13)3-1-2-12(3)6-9-5(8)10-11-6/h3H,1-2H2,(H2,7,13)(H3,8,9,10,11). The molecule has 1 unspecified atom stereocenters. The molecule has 7 nitrogen and oxygen atoms in total. The zero-order valence-electron chi connectivity index (χ0n) is 6.90. The second-order valence-electron chi connectivity index (χ2n) is 2.92. The van der Waals surface area contributed by atoms with Crippen molar-refractivity contribution in [2.24, 2.45) is 5.73 Å². The van der Waals surface area contributed by atoms with E-state index in [9.17, 15) is 4.79 Å². The number of aromatic nitrogens is 3. The number of nitrogens with one attached hydrogen (secondary N) is 1. The molecule has 1 aromatic heterocycles. The fourth-order valence-corrected chi connectivity index (χ4v) is 1.32. The van der Waals surface area contributed by atoms with Crippen LogP contribution in [0.2, 0.25) is 0 Å². The Balaban J connectivity index is 2.14. The molecule has 0 aliphatic carbocycles. The number of carbonyl (C=O) groups is 1. The largest absolute Gasteiger partial charge is 0.368 e. The minimum absolute atomic E-state index is 0.241. The molecule has 1 aliphatic rings. The number of nitrogens with zero attached hydrogens (tertiary/aromatic N) is 3. The Hall–Kier alpha value is -1.79. The molecule has 1 atom stereocenters. The van der Waals surface area contributed by atoms with E-state index in [2.05, 4.69) is 15.2 Å². The molecule has 1 fully saturated rings. The molecule has 1 aliphatic heterocycles. The zero-order chi connectivity index (χ0) is 9.42. The van der Waals surface area contributed by atoms with Crippen molar-refractivity contribution in [3.8, 4) is 0 Å². The Morgan fingerprint density at radius 2 is 2.46 bits per heavy atom. The summed E-state index contributed by atoms with van der Waals surface area (Å²) in [7, 11) is 0. The minimum atomic E-state index is -0.352. The number of H-pyrrole nitrogens is 1. The summed E-state index contributed by atoms with van der Waals surface area (Å²) in [5.74, 6) is 0.326. The summed E-state index contributed by atoms with van der Waals surface area (Å²) >= 11 is 0. The van der Waals surface area contributed by atoms with E-state index < -0.39 is 0 Å². The Labute approximate surface area is 74.1 Å². The molecule has 2 heterocycles. The van der Waals surface area contributed by atoms with Crippen molar-refractivity contribution in [1.82, 2.24) is 15.2 Å². The van der Waals surface area contributed by atoms with Gasteiger partial charge in [0.05, 0.1) is 0 Å². The molecular formula is C6H10N6O. The Bertz CT molecular complexity index is 334. The van der Waals surface area contributed by atoms with Crippen LogP contribution in [-0.4, -0.2) is 33.7 Å². The van der Waals surface area contributed by atoms with Crippen LogP contribution in [0.15, 0.2) is 0 Å². The van der Waals surface area contributed by atoms with E-state index in [0.29, 0.717) is 5.95 Å². The van der Waals surface area contributed by atoms with E-state index in [-0.39, 0.29) is 17.9 Å². The third-order valence-corrected chi connectivity index (χ3v) is 2.10. The van der Waals surface area contributed by atoms with Crippen molar-refractivity contribution in [2.45, 2.75) is 12.5 Å². The van der Waals surface area contributed by atoms with Crippen molar-refractivity contribution in [1.29, 1.82) is 0 Å². The smallest absolute Gasteiger partial charge is 0.246 e. The molecule has 1 saturated heterocycles. The molecule has 0 bridgehead atoms. The molecule has 0 spiro atoms. The zero-order valence-corrected chi connectivity index (χ0v) is 6.90. The maximum atomic E-state index is 10.9. The predicted octanol–water partition coefficient (Wildman–Crippen LogP) is -1.55. The fraction of sp³-hybridized carbons (Fsp3) is 0.500. The summed E-state index contributed by atoms with van der Waals surface area (Å²) in [4.78, 5) is 16.5. The van der Waals surface area contributed by atoms with Crippen LogP contribution in [0.25, 0.3) is 0 Å². The van der Waals surface area contributed by atoms with Crippen LogP contribution in [0.3, 0.4) is 0 Å². The van der Waals surface area contributed by atoms with E-state index in [1.807, 2.05) is 0 Å². The van der Waals surface area contributed by atoms with Crippen LogP contribution in [-0.2, 0) is 4.79 Å². The summed E-state index contributed by atoms with van der Waals surface area (Å²) in [6.45, 7) is 0.741. The lowest BCUT2D eigenvalue weighted by Gasteiger charge is -2.37. The maximum absolute atomic E-state index is 10.9. The third-order valence-electron chi connectivity index (χ3n) is 2.10. The van der Waals surface area contributed by atoms with Gasteiger partial charge in [0.15, 0.2) is 0 Å². The quantitative estimate of drug-likeness (QED) is 0.512. The van der Waals surface area contributed by atoms with Gasteiger partial charge in [-0.3, -0.25) is 4.79 Å². The van der Waals surface area contributed by atoms with Crippen molar-refractivity contribution >= 4 is 17.8 Å². The lowest BCUT2D eigenvalue weighted by molar-refractivity contribution is -0.120. The normalized spacial score (nSPS) is 21.2. The first-order valence-corrected chi connectivity index (χ1v) is 3.92. The van der Waals surface area contributed by atoms with Crippen molar-refractivity contribution in [3.63, 3.8) is 0 Å². The van der Waals surface area contributed by atoms with Gasteiger partial charge in [-0.2, -0.15) is 4.98 Å². The second-order valence-corrected chi connectivity index (χ2v) is 2.92. The molecule has 7 heteroatoms. The molecular weight excluding hydrogens is 172 g/mol. The Kier molecular flexibility index (Phi) is 1.57. The first-order valence-electron chi connectivity index (χ1n) is 3.92. The molecule has 0 saturated carbocycles. The highest BCUT2D eigenvalue weighted by Gasteiger charge is 2.34. The lowest BCUT2D eigenvalue weighted by Crippen LogP contribution is -2.55. The number of carbonyl (C=O) groups excluding carboxylic acids is 1. The summed E-state index contributed by atoms with van der Waals surface area (Å²) in [6.07, 6.45) is 0.754. The molecule has 2 rings (SSSR count). The monoisotopic (exact) mass is 182 g/mol. The lowest BCUT2D eigenvalue weighted by atomic mass is 10.0. The van der Waals surface area contributed by atoms with E-state index in [1.54, 1.807) is 4.90 Å². The first-order chi connectivity index (χ1) is 6.18. The van der Waals surface area contributed by atoms with Gasteiger partial charge in [-0.25, -0.2) is 5.10 Å². The predicted molar refractivity (Wildman–Crippen MR) is 45.7 cm³/mol. The molecule has 0 aromatic carbocycles. The highest BCUT2D eigenvalue weighted by Crippen LogP contribution is 2.22. The van der Waals surface area contributed by atoms with E-state index in [4.69, 9.17) is 11.5 Å². The van der Waals surface area contributed by atoms with Crippen LogP contribution in [0.1, 0.15) is 6.42 Å². The average molecular weight is 182 g/mol. The molecule has 5 N–H and O–H groups in total. The number of amides is 1. The highest BCUT2D eigenvalue weighted by molar-refractivity contribution is 5.84. The number of hydrogen-bond donors (Lipinski definition) is 3. The second kappa shape index (κ2) is 2.61. The molecule has 13 heavy (non-hydrogen) atoms. The topological polar surface area (TPSA) is 114 Å². The average Bonchev–Trinajstić information content (AvgIpc) is 2.32. The third kappa shape index (κ3) is 1.17. The van der Waals surface area contributed by atoms with Gasteiger partial charge in [-0.15, -0.1) is 5.10 Å². The Morgan fingerprint density at radius 1 is 1.69 bits per heavy atom. The number of anilines is 2. The summed E-state index contributed by atoms with van der Waals surface area (Å²) < 4.78 is 0. The van der Waals surface area contributed by atoms with Gasteiger partial charge in [-0.1, -0.05) is 0 Å². The number of rotatable bonds is 2. The van der Waals surface area contributed by atoms with Crippen molar-refractivity contribution in [3.05, 3.63) is 0 Å². The van der Waals surface area contributed by atoms with Gasteiger partial charge in [-0.05, 0) is 6.42 Å². The van der Waals surface area contributed by atoms with Crippen LogP contribution < -0.4 is 16.4 Å². The first kappa shape index (κ1) is 7.84. The number of hydrogen-bond acceptors (Lipinski definition) is 5. The van der Waals surface area contributed by atoms with Crippen LogP contribution >= 0.6 is 0 Å². The fourth-order valence-electron chi connectivity index (χ4n) is 1.32. The minimum Gasteiger partial charge on any atom is -0.368 e. The van der Waals surface area contributed by atoms with Gasteiger partial charge < -0.3 is 16.4 Å². The highest BCUT2D eigenvalue weighted by atomic mass is 16.1. The van der Waals surface area contributed by atoms with Crippen LogP contribution in [0.5, 0.6) is 0 Å². The van der Waals surface area contributed by atoms with E-state index >= 15 is 0 Å². The number of aromatic amines is 1. The van der Waals surface area contributed by atoms with E-state index in [0.717, 1.165) is 13.0 Å². The molecule has 0 radical (unpaired) electrons.